The first-order chi connectivity index (χ1) is 8.94. The maximum absolute atomic E-state index is 4.51. The van der Waals surface area contributed by atoms with Crippen molar-refractivity contribution in [1.29, 1.82) is 0 Å². The summed E-state index contributed by atoms with van der Waals surface area (Å²) < 4.78 is 0. The van der Waals surface area contributed by atoms with Crippen LogP contribution in [0.25, 0.3) is 0 Å². The minimum absolute atomic E-state index is 0.112. The number of rotatable bonds is 5. The SMILES string of the molecule is CN(CC1CCC1)c1cnc(CNC(C)(C)C)cn1. The van der Waals surface area contributed by atoms with Crippen molar-refractivity contribution < 1.29 is 0 Å². The van der Waals surface area contributed by atoms with Crippen LogP contribution < -0.4 is 10.2 Å². The van der Waals surface area contributed by atoms with Gasteiger partial charge in [-0.15, -0.1) is 0 Å². The van der Waals surface area contributed by atoms with Crippen molar-refractivity contribution >= 4 is 5.82 Å². The molecular weight excluding hydrogens is 236 g/mol. The van der Waals surface area contributed by atoms with E-state index >= 15 is 0 Å². The maximum Gasteiger partial charge on any atom is 0.146 e. The van der Waals surface area contributed by atoms with Crippen LogP contribution in [0.4, 0.5) is 5.82 Å². The van der Waals surface area contributed by atoms with Crippen LogP contribution in [0.2, 0.25) is 0 Å². The number of hydrogen-bond donors (Lipinski definition) is 1. The minimum atomic E-state index is 0.112. The summed E-state index contributed by atoms with van der Waals surface area (Å²) in [6, 6.07) is 0. The molecule has 1 aliphatic rings. The van der Waals surface area contributed by atoms with E-state index in [4.69, 9.17) is 0 Å². The molecule has 0 bridgehead atoms. The fourth-order valence-corrected chi connectivity index (χ4v) is 2.15. The van der Waals surface area contributed by atoms with Gasteiger partial charge in [0.1, 0.15) is 5.82 Å². The first kappa shape index (κ1) is 14.3. The second-order valence-corrected chi connectivity index (χ2v) is 6.65. The van der Waals surface area contributed by atoms with E-state index in [9.17, 15) is 0 Å². The zero-order valence-electron chi connectivity index (χ0n) is 12.6. The average molecular weight is 262 g/mol. The third-order valence-electron chi connectivity index (χ3n) is 3.64. The zero-order valence-corrected chi connectivity index (χ0v) is 12.6. The van der Waals surface area contributed by atoms with Gasteiger partial charge in [-0.2, -0.15) is 0 Å². The first-order valence-corrected chi connectivity index (χ1v) is 7.21. The Labute approximate surface area is 116 Å². The molecule has 1 aromatic heterocycles. The molecule has 4 heteroatoms. The molecule has 0 unspecified atom stereocenters. The van der Waals surface area contributed by atoms with E-state index < -0.39 is 0 Å². The van der Waals surface area contributed by atoms with Crippen LogP contribution in [0, 0.1) is 5.92 Å². The highest BCUT2D eigenvalue weighted by atomic mass is 15.2. The summed E-state index contributed by atoms with van der Waals surface area (Å²) in [7, 11) is 2.11. The summed E-state index contributed by atoms with van der Waals surface area (Å²) in [4.78, 5) is 11.2. The van der Waals surface area contributed by atoms with Crippen LogP contribution in [0.15, 0.2) is 12.4 Å². The van der Waals surface area contributed by atoms with Gasteiger partial charge >= 0.3 is 0 Å². The molecule has 1 aliphatic carbocycles. The topological polar surface area (TPSA) is 41.1 Å². The van der Waals surface area contributed by atoms with Crippen LogP contribution in [0.3, 0.4) is 0 Å². The highest BCUT2D eigenvalue weighted by Crippen LogP contribution is 2.27. The summed E-state index contributed by atoms with van der Waals surface area (Å²) in [5.74, 6) is 1.83. The normalized spacial score (nSPS) is 16.2. The Morgan fingerprint density at radius 3 is 2.47 bits per heavy atom. The predicted molar refractivity (Wildman–Crippen MR) is 79.2 cm³/mol. The van der Waals surface area contributed by atoms with E-state index in [2.05, 4.69) is 48.0 Å². The average Bonchev–Trinajstić information content (AvgIpc) is 2.31. The van der Waals surface area contributed by atoms with Gasteiger partial charge in [-0.1, -0.05) is 6.42 Å². The Kier molecular flexibility index (Phi) is 4.40. The number of anilines is 1. The summed E-state index contributed by atoms with van der Waals surface area (Å²) in [5, 5.41) is 3.42. The van der Waals surface area contributed by atoms with E-state index in [0.717, 1.165) is 30.5 Å². The predicted octanol–water partition coefficient (Wildman–Crippen LogP) is 2.60. The van der Waals surface area contributed by atoms with Gasteiger partial charge in [0.2, 0.25) is 0 Å². The second-order valence-electron chi connectivity index (χ2n) is 6.65. The molecule has 1 saturated carbocycles. The van der Waals surface area contributed by atoms with Gasteiger partial charge in [0.15, 0.2) is 0 Å². The van der Waals surface area contributed by atoms with Crippen molar-refractivity contribution in [3.05, 3.63) is 18.1 Å². The van der Waals surface area contributed by atoms with Crippen molar-refractivity contribution in [2.24, 2.45) is 5.92 Å². The Bertz CT molecular complexity index is 390. The molecule has 1 aromatic rings. The summed E-state index contributed by atoms with van der Waals surface area (Å²) in [6.45, 7) is 8.33. The van der Waals surface area contributed by atoms with E-state index in [0.29, 0.717) is 0 Å². The van der Waals surface area contributed by atoms with E-state index in [1.165, 1.54) is 19.3 Å². The largest absolute Gasteiger partial charge is 0.358 e. The van der Waals surface area contributed by atoms with Crippen molar-refractivity contribution in [3.8, 4) is 0 Å². The van der Waals surface area contributed by atoms with Gasteiger partial charge in [0.25, 0.3) is 0 Å². The van der Waals surface area contributed by atoms with E-state index in [1.54, 1.807) is 0 Å². The van der Waals surface area contributed by atoms with Crippen molar-refractivity contribution in [2.75, 3.05) is 18.5 Å². The third-order valence-corrected chi connectivity index (χ3v) is 3.64. The smallest absolute Gasteiger partial charge is 0.146 e. The molecule has 0 saturated heterocycles. The van der Waals surface area contributed by atoms with E-state index in [-0.39, 0.29) is 5.54 Å². The molecule has 19 heavy (non-hydrogen) atoms. The quantitative estimate of drug-likeness (QED) is 0.885. The molecule has 0 amide bonds. The van der Waals surface area contributed by atoms with Gasteiger partial charge in [-0.05, 0) is 39.5 Å². The summed E-state index contributed by atoms with van der Waals surface area (Å²) in [5.41, 5.74) is 1.11. The molecule has 4 nitrogen and oxygen atoms in total. The van der Waals surface area contributed by atoms with Crippen LogP contribution in [0.5, 0.6) is 0 Å². The van der Waals surface area contributed by atoms with Crippen molar-refractivity contribution in [1.82, 2.24) is 15.3 Å². The van der Waals surface area contributed by atoms with E-state index in [1.807, 2.05) is 12.4 Å². The maximum atomic E-state index is 4.51. The molecule has 106 valence electrons. The molecule has 1 N–H and O–H groups in total. The van der Waals surface area contributed by atoms with Gasteiger partial charge < -0.3 is 10.2 Å². The molecule has 2 rings (SSSR count). The lowest BCUT2D eigenvalue weighted by molar-refractivity contribution is 0.321. The van der Waals surface area contributed by atoms with Gasteiger partial charge in [-0.25, -0.2) is 4.98 Å². The second kappa shape index (κ2) is 5.87. The molecule has 0 atom stereocenters. The Morgan fingerprint density at radius 1 is 1.26 bits per heavy atom. The molecule has 0 aromatic carbocycles. The fourth-order valence-electron chi connectivity index (χ4n) is 2.15. The standard InChI is InChI=1S/C15H26N4/c1-15(2,3)18-9-13-8-17-14(10-16-13)19(4)11-12-6-5-7-12/h8,10,12,18H,5-7,9,11H2,1-4H3. The number of nitrogens with one attached hydrogen (secondary N) is 1. The number of aromatic nitrogens is 2. The monoisotopic (exact) mass is 262 g/mol. The first-order valence-electron chi connectivity index (χ1n) is 7.21. The number of hydrogen-bond acceptors (Lipinski definition) is 4. The van der Waals surface area contributed by atoms with Crippen LogP contribution >= 0.6 is 0 Å². The molecular formula is C15H26N4. The number of nitrogens with zero attached hydrogens (tertiary/aromatic N) is 3. The Morgan fingerprint density at radius 2 is 2.00 bits per heavy atom. The fraction of sp³-hybridized carbons (Fsp3) is 0.733. The van der Waals surface area contributed by atoms with Crippen LogP contribution in [-0.4, -0.2) is 29.1 Å². The van der Waals surface area contributed by atoms with Crippen LogP contribution in [0.1, 0.15) is 45.7 Å². The van der Waals surface area contributed by atoms with Gasteiger partial charge in [-0.3, -0.25) is 4.98 Å². The molecule has 1 heterocycles. The Balaban J connectivity index is 1.86. The molecule has 1 fully saturated rings. The highest BCUT2D eigenvalue weighted by Gasteiger charge is 2.19. The lowest BCUT2D eigenvalue weighted by Gasteiger charge is -2.30. The summed E-state index contributed by atoms with van der Waals surface area (Å²) >= 11 is 0. The lowest BCUT2D eigenvalue weighted by Crippen LogP contribution is -2.35. The van der Waals surface area contributed by atoms with Gasteiger partial charge in [0.05, 0.1) is 18.1 Å². The highest BCUT2D eigenvalue weighted by molar-refractivity contribution is 5.34. The Hall–Kier alpha value is -1.16. The third kappa shape index (κ3) is 4.46. The molecule has 0 spiro atoms. The molecule has 0 radical (unpaired) electrons. The van der Waals surface area contributed by atoms with Gasteiger partial charge in [0, 0.05) is 25.7 Å². The van der Waals surface area contributed by atoms with Crippen molar-refractivity contribution in [2.45, 2.75) is 52.1 Å². The zero-order chi connectivity index (χ0) is 13.9. The molecule has 0 aliphatic heterocycles. The minimum Gasteiger partial charge on any atom is -0.358 e. The lowest BCUT2D eigenvalue weighted by atomic mass is 9.85. The summed E-state index contributed by atoms with van der Waals surface area (Å²) in [6.07, 6.45) is 7.89. The van der Waals surface area contributed by atoms with Crippen molar-refractivity contribution in [3.63, 3.8) is 0 Å². The van der Waals surface area contributed by atoms with Crippen LogP contribution in [-0.2, 0) is 6.54 Å².